The van der Waals surface area contributed by atoms with Gasteiger partial charge in [0.2, 0.25) is 6.29 Å². The maximum absolute atomic E-state index is 12.0. The molecule has 2 aliphatic heterocycles. The maximum atomic E-state index is 12.0. The van der Waals surface area contributed by atoms with Crippen LogP contribution in [-0.2, 0) is 20.8 Å². The van der Waals surface area contributed by atoms with Gasteiger partial charge in [-0.15, -0.1) is 17.9 Å². The van der Waals surface area contributed by atoms with Gasteiger partial charge in [0.1, 0.15) is 6.10 Å². The van der Waals surface area contributed by atoms with Crippen molar-refractivity contribution in [2.75, 3.05) is 6.61 Å². The number of thiophene rings is 1. The average molecular weight is 349 g/mol. The molecule has 0 N–H and O–H groups in total. The second-order valence-corrected chi connectivity index (χ2v) is 6.82. The Bertz CT molecular complexity index is 809. The van der Waals surface area contributed by atoms with Gasteiger partial charge in [-0.3, -0.25) is 9.36 Å². The van der Waals surface area contributed by atoms with E-state index in [1.807, 2.05) is 22.1 Å². The van der Waals surface area contributed by atoms with Crippen molar-refractivity contribution in [2.24, 2.45) is 0 Å². The van der Waals surface area contributed by atoms with Crippen LogP contribution in [0.3, 0.4) is 0 Å². The van der Waals surface area contributed by atoms with Crippen LogP contribution in [0.25, 0.3) is 10.7 Å². The number of carbonyl (C=O) groups is 1. The number of Topliss-reactive ketones (excluding diaryl/α,β-unsaturated/α-hetero) is 1. The van der Waals surface area contributed by atoms with Crippen molar-refractivity contribution in [2.45, 2.75) is 31.4 Å². The summed E-state index contributed by atoms with van der Waals surface area (Å²) in [6.07, 6.45) is 1.22. The molecule has 0 unspecified atom stereocenters. The number of ketones is 1. The Morgan fingerprint density at radius 2 is 2.43 bits per heavy atom. The zero-order valence-electron chi connectivity index (χ0n) is 12.3. The van der Waals surface area contributed by atoms with E-state index in [4.69, 9.17) is 26.8 Å². The first-order chi connectivity index (χ1) is 11.2. The third kappa shape index (κ3) is 2.42. The van der Waals surface area contributed by atoms with Crippen molar-refractivity contribution in [1.82, 2.24) is 14.3 Å². The van der Waals surface area contributed by atoms with Gasteiger partial charge < -0.3 is 9.47 Å². The molecule has 2 aromatic heterocycles. The molecule has 23 heavy (non-hydrogen) atoms. The minimum atomic E-state index is -0.711. The first kappa shape index (κ1) is 14.9. The monoisotopic (exact) mass is 349 g/mol. The highest BCUT2D eigenvalue weighted by molar-refractivity contribution is 7.71. The Balaban J connectivity index is 1.80. The van der Waals surface area contributed by atoms with Crippen molar-refractivity contribution < 1.29 is 14.3 Å². The fourth-order valence-electron chi connectivity index (χ4n) is 2.98. The van der Waals surface area contributed by atoms with Crippen molar-refractivity contribution in [3.8, 4) is 10.7 Å². The van der Waals surface area contributed by atoms with E-state index in [1.165, 1.54) is 0 Å². The quantitative estimate of drug-likeness (QED) is 0.627. The average Bonchev–Trinajstić information content (AvgIpc) is 3.25. The summed E-state index contributed by atoms with van der Waals surface area (Å²) >= 11 is 7.20. The molecule has 2 fully saturated rings. The lowest BCUT2D eigenvalue weighted by Gasteiger charge is -2.26. The van der Waals surface area contributed by atoms with E-state index in [-0.39, 0.29) is 17.9 Å². The Hall–Kier alpha value is -1.61. The molecule has 0 radical (unpaired) electrons. The molecule has 0 saturated carbocycles. The number of aromatic nitrogens is 3. The molecule has 0 aromatic carbocycles. The summed E-state index contributed by atoms with van der Waals surface area (Å²) in [6, 6.07) is 3.75. The minimum absolute atomic E-state index is 0.0541. The van der Waals surface area contributed by atoms with Gasteiger partial charge in [-0.25, -0.2) is 4.68 Å². The first-order valence-electron chi connectivity index (χ1n) is 7.33. The summed E-state index contributed by atoms with van der Waals surface area (Å²) in [5, 5.41) is 6.69. The van der Waals surface area contributed by atoms with Gasteiger partial charge in [0.15, 0.2) is 16.4 Å². The summed E-state index contributed by atoms with van der Waals surface area (Å²) < 4.78 is 15.2. The summed E-state index contributed by atoms with van der Waals surface area (Å²) in [4.78, 5) is 13.1. The van der Waals surface area contributed by atoms with Gasteiger partial charge in [-0.05, 0) is 23.7 Å². The molecule has 120 valence electrons. The molecule has 4 rings (SSSR count). The highest BCUT2D eigenvalue weighted by Crippen LogP contribution is 2.34. The Labute approximate surface area is 141 Å². The molecule has 2 aromatic rings. The van der Waals surface area contributed by atoms with E-state index in [1.54, 1.807) is 22.1 Å². The van der Waals surface area contributed by atoms with Crippen LogP contribution < -0.4 is 0 Å². The number of rotatable bonds is 4. The summed E-state index contributed by atoms with van der Waals surface area (Å²) in [5.41, 5.74) is 0. The fourth-order valence-corrected chi connectivity index (χ4v) is 4.03. The number of hydrogen-bond acceptors (Lipinski definition) is 6. The topological polar surface area (TPSA) is 58.3 Å². The third-order valence-corrected chi connectivity index (χ3v) is 5.34. The molecular weight excluding hydrogens is 334 g/mol. The molecule has 3 atom stereocenters. The number of fused-ring (bicyclic) bond motifs is 2. The highest BCUT2D eigenvalue weighted by Gasteiger charge is 2.45. The van der Waals surface area contributed by atoms with Crippen molar-refractivity contribution in [3.05, 3.63) is 34.9 Å². The van der Waals surface area contributed by atoms with Crippen LogP contribution in [0.2, 0.25) is 0 Å². The maximum Gasteiger partial charge on any atom is 0.218 e. The smallest absolute Gasteiger partial charge is 0.218 e. The Morgan fingerprint density at radius 3 is 3.17 bits per heavy atom. The van der Waals surface area contributed by atoms with Gasteiger partial charge in [0, 0.05) is 13.0 Å². The molecule has 2 aliphatic rings. The molecule has 2 saturated heterocycles. The standard InChI is InChI=1S/C15H15N3O3S2/c1-2-5-17-13(12-4-3-6-23-12)16-18(15(17)22)9-7-10(19)14-20-8-11(9)21-14/h2-4,6,9,11,14H,1,5,7-8H2/t9-,11-,14-/m0/s1. The van der Waals surface area contributed by atoms with Gasteiger partial charge in [-0.1, -0.05) is 12.1 Å². The molecule has 2 bridgehead atoms. The van der Waals surface area contributed by atoms with Gasteiger partial charge in [-0.2, -0.15) is 5.10 Å². The van der Waals surface area contributed by atoms with Crippen LogP contribution in [-0.4, -0.2) is 39.1 Å². The van der Waals surface area contributed by atoms with E-state index < -0.39 is 6.29 Å². The van der Waals surface area contributed by atoms with Crippen LogP contribution in [0.15, 0.2) is 30.2 Å². The summed E-state index contributed by atoms with van der Waals surface area (Å²) in [5.74, 6) is 0.736. The van der Waals surface area contributed by atoms with Crippen molar-refractivity contribution in [1.29, 1.82) is 0 Å². The second kappa shape index (κ2) is 5.79. The number of carbonyl (C=O) groups excluding carboxylic acids is 1. The van der Waals surface area contributed by atoms with Crippen LogP contribution in [0.1, 0.15) is 12.5 Å². The normalized spacial score (nSPS) is 26.6. The van der Waals surface area contributed by atoms with Gasteiger partial charge in [0.05, 0.1) is 17.5 Å². The first-order valence-corrected chi connectivity index (χ1v) is 8.61. The lowest BCUT2D eigenvalue weighted by molar-refractivity contribution is -0.156. The van der Waals surface area contributed by atoms with E-state index in [0.29, 0.717) is 24.3 Å². The molecule has 0 amide bonds. The van der Waals surface area contributed by atoms with Crippen molar-refractivity contribution in [3.63, 3.8) is 0 Å². The number of ether oxygens (including phenoxy) is 2. The molecular formula is C15H15N3O3S2. The number of hydrogen-bond donors (Lipinski definition) is 0. The minimum Gasteiger partial charge on any atom is -0.343 e. The van der Waals surface area contributed by atoms with Crippen LogP contribution in [0.4, 0.5) is 0 Å². The fraction of sp³-hybridized carbons (Fsp3) is 0.400. The van der Waals surface area contributed by atoms with Crippen LogP contribution in [0.5, 0.6) is 0 Å². The van der Waals surface area contributed by atoms with Gasteiger partial charge >= 0.3 is 0 Å². The van der Waals surface area contributed by atoms with E-state index in [0.717, 1.165) is 10.7 Å². The zero-order chi connectivity index (χ0) is 16.0. The lowest BCUT2D eigenvalue weighted by Crippen LogP contribution is -2.37. The third-order valence-electron chi connectivity index (χ3n) is 4.07. The largest absolute Gasteiger partial charge is 0.343 e. The Kier molecular flexibility index (Phi) is 3.76. The van der Waals surface area contributed by atoms with E-state index >= 15 is 0 Å². The van der Waals surface area contributed by atoms with Gasteiger partial charge in [0.25, 0.3) is 0 Å². The Morgan fingerprint density at radius 1 is 1.57 bits per heavy atom. The molecule has 8 heteroatoms. The summed E-state index contributed by atoms with van der Waals surface area (Å²) in [6.45, 7) is 4.75. The lowest BCUT2D eigenvalue weighted by atomic mass is 10.0. The highest BCUT2D eigenvalue weighted by atomic mass is 32.1. The predicted octanol–water partition coefficient (Wildman–Crippen LogP) is 2.58. The van der Waals surface area contributed by atoms with E-state index in [2.05, 4.69) is 6.58 Å². The molecule has 0 aliphatic carbocycles. The predicted molar refractivity (Wildman–Crippen MR) is 87.8 cm³/mol. The van der Waals surface area contributed by atoms with Crippen LogP contribution in [0, 0.1) is 4.77 Å². The second-order valence-electron chi connectivity index (χ2n) is 5.50. The summed E-state index contributed by atoms with van der Waals surface area (Å²) in [7, 11) is 0. The SMILES string of the molecule is C=CCn1c(-c2cccs2)nn([C@H]2CC(=O)[C@H]3OC[C@@H]2O3)c1=S. The molecule has 0 spiro atoms. The van der Waals surface area contributed by atoms with E-state index in [9.17, 15) is 4.79 Å². The number of nitrogens with zero attached hydrogens (tertiary/aromatic N) is 3. The van der Waals surface area contributed by atoms with Crippen molar-refractivity contribution >= 4 is 29.3 Å². The number of allylic oxidation sites excluding steroid dienone is 1. The molecule has 4 heterocycles. The molecule has 6 nitrogen and oxygen atoms in total. The zero-order valence-corrected chi connectivity index (χ0v) is 13.9. The van der Waals surface area contributed by atoms with Crippen LogP contribution >= 0.6 is 23.6 Å².